The van der Waals surface area contributed by atoms with E-state index in [0.717, 1.165) is 35.0 Å². The molecule has 1 aromatic carbocycles. The standard InChI is InChI=1S/C16H22ClN3O/c1-12(2)18-11-13-10-14(17)4-5-16(13)21-9-7-15-6-8-19-20(15)3/h4-6,8,10,12,18H,7,9,11H2,1-3H3. The Balaban J connectivity index is 1.96. The van der Waals surface area contributed by atoms with E-state index in [1.54, 1.807) is 6.20 Å². The molecule has 0 aliphatic heterocycles. The van der Waals surface area contributed by atoms with Crippen molar-refractivity contribution < 1.29 is 4.74 Å². The number of hydrogen-bond acceptors (Lipinski definition) is 3. The molecule has 0 aliphatic rings. The van der Waals surface area contributed by atoms with Gasteiger partial charge in [0.15, 0.2) is 0 Å². The second kappa shape index (κ2) is 7.48. The highest BCUT2D eigenvalue weighted by molar-refractivity contribution is 6.30. The van der Waals surface area contributed by atoms with Crippen molar-refractivity contribution in [3.8, 4) is 5.75 Å². The molecule has 4 nitrogen and oxygen atoms in total. The van der Waals surface area contributed by atoms with E-state index in [1.165, 1.54) is 0 Å². The maximum atomic E-state index is 6.07. The summed E-state index contributed by atoms with van der Waals surface area (Å²) < 4.78 is 7.78. The van der Waals surface area contributed by atoms with Crippen molar-refractivity contribution in [1.29, 1.82) is 0 Å². The van der Waals surface area contributed by atoms with Crippen LogP contribution in [0.4, 0.5) is 0 Å². The van der Waals surface area contributed by atoms with Crippen LogP contribution in [0.3, 0.4) is 0 Å². The van der Waals surface area contributed by atoms with E-state index in [-0.39, 0.29) is 0 Å². The lowest BCUT2D eigenvalue weighted by Crippen LogP contribution is -2.22. The van der Waals surface area contributed by atoms with Crippen LogP contribution in [0.15, 0.2) is 30.5 Å². The number of nitrogens with one attached hydrogen (secondary N) is 1. The van der Waals surface area contributed by atoms with Gasteiger partial charge in [-0.1, -0.05) is 25.4 Å². The number of rotatable bonds is 7. The van der Waals surface area contributed by atoms with Crippen molar-refractivity contribution in [2.75, 3.05) is 6.61 Å². The third-order valence-electron chi connectivity index (χ3n) is 3.26. The summed E-state index contributed by atoms with van der Waals surface area (Å²) in [5.74, 6) is 0.884. The summed E-state index contributed by atoms with van der Waals surface area (Å²) in [5.41, 5.74) is 2.24. The van der Waals surface area contributed by atoms with Crippen LogP contribution in [0, 0.1) is 0 Å². The predicted molar refractivity (Wildman–Crippen MR) is 85.8 cm³/mol. The van der Waals surface area contributed by atoms with Gasteiger partial charge in [-0.2, -0.15) is 5.10 Å². The molecule has 2 aromatic rings. The fourth-order valence-corrected chi connectivity index (χ4v) is 2.25. The molecular weight excluding hydrogens is 286 g/mol. The Bertz CT molecular complexity index is 581. The molecule has 0 saturated heterocycles. The predicted octanol–water partition coefficient (Wildman–Crippen LogP) is 3.19. The molecule has 2 rings (SSSR count). The number of nitrogens with zero attached hydrogens (tertiary/aromatic N) is 2. The van der Waals surface area contributed by atoms with Gasteiger partial charge in [-0.25, -0.2) is 0 Å². The lowest BCUT2D eigenvalue weighted by Gasteiger charge is -2.14. The molecule has 0 radical (unpaired) electrons. The largest absolute Gasteiger partial charge is 0.493 e. The quantitative estimate of drug-likeness (QED) is 0.854. The molecule has 1 heterocycles. The summed E-state index contributed by atoms with van der Waals surface area (Å²) in [5, 5.41) is 8.27. The van der Waals surface area contributed by atoms with Crippen LogP contribution in [0.2, 0.25) is 5.02 Å². The van der Waals surface area contributed by atoms with E-state index in [0.29, 0.717) is 12.6 Å². The number of hydrogen-bond donors (Lipinski definition) is 1. The van der Waals surface area contributed by atoms with E-state index in [2.05, 4.69) is 24.3 Å². The summed E-state index contributed by atoms with van der Waals surface area (Å²) in [7, 11) is 1.94. The minimum Gasteiger partial charge on any atom is -0.493 e. The van der Waals surface area contributed by atoms with Gasteiger partial charge in [0.2, 0.25) is 0 Å². The highest BCUT2D eigenvalue weighted by Gasteiger charge is 2.06. The molecule has 0 atom stereocenters. The van der Waals surface area contributed by atoms with Crippen LogP contribution in [0.25, 0.3) is 0 Å². The topological polar surface area (TPSA) is 39.1 Å². The zero-order valence-corrected chi connectivity index (χ0v) is 13.5. The molecule has 0 fully saturated rings. The van der Waals surface area contributed by atoms with Crippen molar-refractivity contribution in [3.63, 3.8) is 0 Å². The average Bonchev–Trinajstić information content (AvgIpc) is 2.84. The van der Waals surface area contributed by atoms with Gasteiger partial charge in [0, 0.05) is 48.5 Å². The Morgan fingerprint density at radius 1 is 1.33 bits per heavy atom. The molecule has 0 unspecified atom stereocenters. The lowest BCUT2D eigenvalue weighted by atomic mass is 10.2. The number of aromatic nitrogens is 2. The average molecular weight is 308 g/mol. The number of ether oxygens (including phenoxy) is 1. The van der Waals surface area contributed by atoms with Gasteiger partial charge in [-0.15, -0.1) is 0 Å². The SMILES string of the molecule is CC(C)NCc1cc(Cl)ccc1OCCc1ccnn1C. The molecule has 0 saturated carbocycles. The maximum Gasteiger partial charge on any atom is 0.123 e. The van der Waals surface area contributed by atoms with Crippen LogP contribution in [-0.4, -0.2) is 22.4 Å². The summed E-state index contributed by atoms with van der Waals surface area (Å²) in [4.78, 5) is 0. The van der Waals surface area contributed by atoms with Crippen molar-refractivity contribution >= 4 is 11.6 Å². The molecule has 21 heavy (non-hydrogen) atoms. The van der Waals surface area contributed by atoms with Crippen molar-refractivity contribution in [1.82, 2.24) is 15.1 Å². The van der Waals surface area contributed by atoms with Crippen molar-refractivity contribution in [2.45, 2.75) is 32.9 Å². The fraction of sp³-hybridized carbons (Fsp3) is 0.438. The van der Waals surface area contributed by atoms with Crippen LogP contribution < -0.4 is 10.1 Å². The van der Waals surface area contributed by atoms with Gasteiger partial charge in [0.05, 0.1) is 6.61 Å². The third kappa shape index (κ3) is 4.76. The van der Waals surface area contributed by atoms with Crippen molar-refractivity contribution in [2.24, 2.45) is 7.05 Å². The van der Waals surface area contributed by atoms with Crippen LogP contribution >= 0.6 is 11.6 Å². The minimum absolute atomic E-state index is 0.422. The summed E-state index contributed by atoms with van der Waals surface area (Å²) in [6.45, 7) is 5.61. The van der Waals surface area contributed by atoms with Crippen LogP contribution in [0.5, 0.6) is 5.75 Å². The van der Waals surface area contributed by atoms with Gasteiger partial charge >= 0.3 is 0 Å². The third-order valence-corrected chi connectivity index (χ3v) is 3.50. The Morgan fingerprint density at radius 2 is 2.14 bits per heavy atom. The Labute approximate surface area is 131 Å². The fourth-order valence-electron chi connectivity index (χ4n) is 2.05. The minimum atomic E-state index is 0.422. The first kappa shape index (κ1) is 15.9. The summed E-state index contributed by atoms with van der Waals surface area (Å²) >= 11 is 6.07. The summed E-state index contributed by atoms with van der Waals surface area (Å²) in [6, 6.07) is 8.18. The molecular formula is C16H22ClN3O. The molecule has 1 N–H and O–H groups in total. The van der Waals surface area contributed by atoms with Gasteiger partial charge in [0.1, 0.15) is 5.75 Å². The van der Waals surface area contributed by atoms with Crippen LogP contribution in [-0.2, 0) is 20.0 Å². The van der Waals surface area contributed by atoms with E-state index in [1.807, 2.05) is 36.0 Å². The Morgan fingerprint density at radius 3 is 2.81 bits per heavy atom. The highest BCUT2D eigenvalue weighted by Crippen LogP contribution is 2.23. The highest BCUT2D eigenvalue weighted by atomic mass is 35.5. The first-order chi connectivity index (χ1) is 10.1. The zero-order valence-electron chi connectivity index (χ0n) is 12.8. The summed E-state index contributed by atoms with van der Waals surface area (Å²) in [6.07, 6.45) is 2.63. The molecule has 0 aliphatic carbocycles. The number of aryl methyl sites for hydroxylation is 1. The maximum absolute atomic E-state index is 6.07. The molecule has 0 amide bonds. The van der Waals surface area contributed by atoms with Gasteiger partial charge in [-0.3, -0.25) is 4.68 Å². The number of halogens is 1. The molecule has 114 valence electrons. The lowest BCUT2D eigenvalue weighted by molar-refractivity contribution is 0.314. The smallest absolute Gasteiger partial charge is 0.123 e. The van der Waals surface area contributed by atoms with Crippen LogP contribution in [0.1, 0.15) is 25.1 Å². The Hall–Kier alpha value is -1.52. The molecule has 0 bridgehead atoms. The van der Waals surface area contributed by atoms with E-state index in [4.69, 9.17) is 16.3 Å². The first-order valence-corrected chi connectivity index (χ1v) is 7.55. The monoisotopic (exact) mass is 307 g/mol. The molecule has 5 heteroatoms. The second-order valence-corrected chi connectivity index (χ2v) is 5.77. The molecule has 0 spiro atoms. The first-order valence-electron chi connectivity index (χ1n) is 7.17. The van der Waals surface area contributed by atoms with E-state index >= 15 is 0 Å². The molecule has 1 aromatic heterocycles. The zero-order chi connectivity index (χ0) is 15.2. The second-order valence-electron chi connectivity index (χ2n) is 5.33. The van der Waals surface area contributed by atoms with Gasteiger partial charge < -0.3 is 10.1 Å². The number of benzene rings is 1. The van der Waals surface area contributed by atoms with E-state index in [9.17, 15) is 0 Å². The van der Waals surface area contributed by atoms with Gasteiger partial charge in [0.25, 0.3) is 0 Å². The normalized spacial score (nSPS) is 11.1. The Kier molecular flexibility index (Phi) is 5.65. The van der Waals surface area contributed by atoms with Crippen molar-refractivity contribution in [3.05, 3.63) is 46.7 Å². The van der Waals surface area contributed by atoms with E-state index < -0.39 is 0 Å². The van der Waals surface area contributed by atoms with Gasteiger partial charge in [-0.05, 0) is 24.3 Å².